The van der Waals surface area contributed by atoms with Gasteiger partial charge in [-0.1, -0.05) is 62.4 Å². The van der Waals surface area contributed by atoms with Crippen molar-refractivity contribution in [2.45, 2.75) is 52.1 Å². The number of amides is 2. The average molecular weight is 453 g/mol. The fraction of sp³-hybridized carbons (Fsp3) is 0.423. The number of carbonyl (C=O) groups is 3. The lowest BCUT2D eigenvalue weighted by atomic mass is 9.88. The molecule has 0 radical (unpaired) electrons. The Morgan fingerprint density at radius 1 is 0.909 bits per heavy atom. The molecule has 0 aliphatic heterocycles. The Kier molecular flexibility index (Phi) is 7.74. The van der Waals surface area contributed by atoms with Gasteiger partial charge in [0, 0.05) is 18.0 Å². The summed E-state index contributed by atoms with van der Waals surface area (Å²) >= 11 is 0. The largest absolute Gasteiger partial charge is 0.481 e. The van der Waals surface area contributed by atoms with Gasteiger partial charge in [0.1, 0.15) is 6.61 Å². The van der Waals surface area contributed by atoms with Crippen molar-refractivity contribution in [3.8, 4) is 11.1 Å². The Morgan fingerprint density at radius 2 is 1.45 bits per heavy atom. The lowest BCUT2D eigenvalue weighted by molar-refractivity contribution is -0.137. The molecule has 2 amide bonds. The highest BCUT2D eigenvalue weighted by Crippen LogP contribution is 2.44. The SMILES string of the molecule is CC(C)C(C(=O)N[C@H](C)CC(=O)O)C(C)NC(=O)OCC1c2ccccc2-c2ccccc21. The van der Waals surface area contributed by atoms with Crippen LogP contribution in [0.3, 0.4) is 0 Å². The van der Waals surface area contributed by atoms with Crippen LogP contribution in [0.5, 0.6) is 0 Å². The number of hydrogen-bond donors (Lipinski definition) is 3. The lowest BCUT2D eigenvalue weighted by Gasteiger charge is -2.28. The molecule has 1 aliphatic rings. The number of hydrogen-bond acceptors (Lipinski definition) is 4. The van der Waals surface area contributed by atoms with E-state index in [1.54, 1.807) is 13.8 Å². The first-order valence-corrected chi connectivity index (χ1v) is 11.3. The third-order valence-electron chi connectivity index (χ3n) is 6.12. The second kappa shape index (κ2) is 10.5. The second-order valence-corrected chi connectivity index (χ2v) is 9.04. The summed E-state index contributed by atoms with van der Waals surface area (Å²) in [4.78, 5) is 36.2. The topological polar surface area (TPSA) is 105 Å². The molecule has 3 N–H and O–H groups in total. The van der Waals surface area contributed by atoms with E-state index in [0.717, 1.165) is 22.3 Å². The third-order valence-corrected chi connectivity index (χ3v) is 6.12. The Bertz CT molecular complexity index is 974. The molecule has 2 aromatic rings. The van der Waals surface area contributed by atoms with Gasteiger partial charge in [-0.3, -0.25) is 9.59 Å². The molecule has 0 bridgehead atoms. The molecular weight excluding hydrogens is 420 g/mol. The van der Waals surface area contributed by atoms with Gasteiger partial charge in [-0.2, -0.15) is 0 Å². The molecule has 0 saturated carbocycles. The quantitative estimate of drug-likeness (QED) is 0.530. The van der Waals surface area contributed by atoms with Crippen molar-refractivity contribution in [2.24, 2.45) is 11.8 Å². The minimum absolute atomic E-state index is 0.0421. The lowest BCUT2D eigenvalue weighted by Crippen LogP contribution is -2.49. The van der Waals surface area contributed by atoms with Crippen LogP contribution in [0.2, 0.25) is 0 Å². The minimum atomic E-state index is -0.978. The Hall–Kier alpha value is -3.35. The van der Waals surface area contributed by atoms with E-state index in [2.05, 4.69) is 34.9 Å². The van der Waals surface area contributed by atoms with Crippen molar-refractivity contribution in [1.82, 2.24) is 10.6 Å². The van der Waals surface area contributed by atoms with E-state index in [1.165, 1.54) is 0 Å². The Labute approximate surface area is 194 Å². The first kappa shape index (κ1) is 24.3. The maximum absolute atomic E-state index is 12.7. The summed E-state index contributed by atoms with van der Waals surface area (Å²) in [5.41, 5.74) is 4.57. The van der Waals surface area contributed by atoms with Crippen LogP contribution in [-0.4, -0.2) is 41.8 Å². The molecule has 0 fully saturated rings. The fourth-order valence-electron chi connectivity index (χ4n) is 4.67. The summed E-state index contributed by atoms with van der Waals surface area (Å²) < 4.78 is 5.59. The Morgan fingerprint density at radius 3 is 1.97 bits per heavy atom. The summed E-state index contributed by atoms with van der Waals surface area (Å²) in [6.07, 6.45) is -0.744. The van der Waals surface area contributed by atoms with Crippen molar-refractivity contribution >= 4 is 18.0 Å². The number of rotatable bonds is 9. The highest BCUT2D eigenvalue weighted by molar-refractivity contribution is 5.82. The van der Waals surface area contributed by atoms with Gasteiger partial charge in [-0.25, -0.2) is 4.79 Å². The minimum Gasteiger partial charge on any atom is -0.481 e. The van der Waals surface area contributed by atoms with E-state index >= 15 is 0 Å². The third kappa shape index (κ3) is 5.72. The number of alkyl carbamates (subject to hydrolysis) is 1. The predicted octanol–water partition coefficient (Wildman–Crippen LogP) is 4.17. The molecule has 33 heavy (non-hydrogen) atoms. The summed E-state index contributed by atoms with van der Waals surface area (Å²) in [5, 5.41) is 14.4. The molecule has 2 unspecified atom stereocenters. The zero-order valence-corrected chi connectivity index (χ0v) is 19.5. The number of ether oxygens (including phenoxy) is 1. The molecule has 3 atom stereocenters. The van der Waals surface area contributed by atoms with Gasteiger partial charge in [0.05, 0.1) is 12.3 Å². The van der Waals surface area contributed by atoms with E-state index < -0.39 is 30.1 Å². The Balaban J connectivity index is 1.62. The molecule has 176 valence electrons. The molecular formula is C26H32N2O5. The zero-order chi connectivity index (χ0) is 24.1. The molecule has 7 heteroatoms. The van der Waals surface area contributed by atoms with Gasteiger partial charge in [-0.15, -0.1) is 0 Å². The number of aliphatic carboxylic acids is 1. The first-order valence-electron chi connectivity index (χ1n) is 11.3. The number of benzene rings is 2. The van der Waals surface area contributed by atoms with E-state index in [9.17, 15) is 14.4 Å². The van der Waals surface area contributed by atoms with Crippen LogP contribution in [0, 0.1) is 11.8 Å². The standard InChI is InChI=1S/C26H32N2O5/c1-15(2)24(25(31)27-16(3)13-23(29)30)17(4)28-26(32)33-14-22-20-11-7-5-9-18(20)19-10-6-8-12-21(19)22/h5-12,15-17,22,24H,13-14H2,1-4H3,(H,27,31)(H,28,32)(H,29,30)/t16-,17?,24?/m1/s1. The van der Waals surface area contributed by atoms with Crippen LogP contribution in [-0.2, 0) is 14.3 Å². The van der Waals surface area contributed by atoms with Crippen molar-refractivity contribution in [2.75, 3.05) is 6.61 Å². The maximum Gasteiger partial charge on any atom is 0.407 e. The van der Waals surface area contributed by atoms with Crippen LogP contribution in [0.4, 0.5) is 4.79 Å². The van der Waals surface area contributed by atoms with Crippen molar-refractivity contribution in [3.63, 3.8) is 0 Å². The van der Waals surface area contributed by atoms with E-state index in [-0.39, 0.29) is 30.8 Å². The highest BCUT2D eigenvalue weighted by Gasteiger charge is 2.32. The van der Waals surface area contributed by atoms with Gasteiger partial charge in [-0.05, 0) is 42.0 Å². The van der Waals surface area contributed by atoms with E-state index in [0.29, 0.717) is 0 Å². The summed E-state index contributed by atoms with van der Waals surface area (Å²) in [6, 6.07) is 15.2. The average Bonchev–Trinajstić information content (AvgIpc) is 3.05. The van der Waals surface area contributed by atoms with Gasteiger partial charge in [0.25, 0.3) is 0 Å². The monoisotopic (exact) mass is 452 g/mol. The first-order chi connectivity index (χ1) is 15.7. The van der Waals surface area contributed by atoms with Crippen LogP contribution in [0.25, 0.3) is 11.1 Å². The summed E-state index contributed by atoms with van der Waals surface area (Å²) in [5.74, 6) is -1.90. The number of fused-ring (bicyclic) bond motifs is 3. The molecule has 0 aromatic heterocycles. The number of carbonyl (C=O) groups excluding carboxylic acids is 2. The van der Waals surface area contributed by atoms with Crippen molar-refractivity contribution < 1.29 is 24.2 Å². The van der Waals surface area contributed by atoms with E-state index in [4.69, 9.17) is 9.84 Å². The maximum atomic E-state index is 12.7. The molecule has 3 rings (SSSR count). The fourth-order valence-corrected chi connectivity index (χ4v) is 4.67. The van der Waals surface area contributed by atoms with E-state index in [1.807, 2.05) is 38.1 Å². The predicted molar refractivity (Wildman–Crippen MR) is 126 cm³/mol. The molecule has 7 nitrogen and oxygen atoms in total. The number of carboxylic acid groups (broad SMARTS) is 1. The normalized spacial score (nSPS) is 15.2. The highest BCUT2D eigenvalue weighted by atomic mass is 16.5. The van der Waals surface area contributed by atoms with Crippen molar-refractivity contribution in [3.05, 3.63) is 59.7 Å². The van der Waals surface area contributed by atoms with Gasteiger partial charge < -0.3 is 20.5 Å². The molecule has 0 saturated heterocycles. The van der Waals surface area contributed by atoms with Crippen LogP contribution < -0.4 is 10.6 Å². The van der Waals surface area contributed by atoms with Crippen molar-refractivity contribution in [1.29, 1.82) is 0 Å². The molecule has 2 aromatic carbocycles. The zero-order valence-electron chi connectivity index (χ0n) is 19.5. The molecule has 0 spiro atoms. The van der Waals surface area contributed by atoms with Crippen LogP contribution >= 0.6 is 0 Å². The summed E-state index contributed by atoms with van der Waals surface area (Å²) in [7, 11) is 0. The second-order valence-electron chi connectivity index (χ2n) is 9.04. The van der Waals surface area contributed by atoms with Crippen LogP contribution in [0.1, 0.15) is 51.2 Å². The smallest absolute Gasteiger partial charge is 0.407 e. The van der Waals surface area contributed by atoms with Gasteiger partial charge in [0.15, 0.2) is 0 Å². The van der Waals surface area contributed by atoms with Gasteiger partial charge in [0.2, 0.25) is 5.91 Å². The number of nitrogens with one attached hydrogen (secondary N) is 2. The molecule has 0 heterocycles. The molecule has 1 aliphatic carbocycles. The summed E-state index contributed by atoms with van der Waals surface area (Å²) in [6.45, 7) is 7.38. The number of carboxylic acids is 1. The van der Waals surface area contributed by atoms with Gasteiger partial charge >= 0.3 is 12.1 Å². The van der Waals surface area contributed by atoms with Crippen LogP contribution in [0.15, 0.2) is 48.5 Å².